The van der Waals surface area contributed by atoms with Gasteiger partial charge in [0.05, 0.1) is 4.90 Å². The van der Waals surface area contributed by atoms with Crippen molar-refractivity contribution in [2.45, 2.75) is 18.7 Å². The van der Waals surface area contributed by atoms with Gasteiger partial charge in [-0.2, -0.15) is 0 Å². The summed E-state index contributed by atoms with van der Waals surface area (Å²) in [5, 5.41) is 5.06. The SMILES string of the molecule is CC(C)/C=C(/C(=O)Nc1nccs1)c1ccc(S(C)(=O)=O)cc1. The van der Waals surface area contributed by atoms with Crippen molar-refractivity contribution in [1.82, 2.24) is 4.98 Å². The lowest BCUT2D eigenvalue weighted by Gasteiger charge is -2.10. The van der Waals surface area contributed by atoms with Gasteiger partial charge in [0.2, 0.25) is 0 Å². The Morgan fingerprint density at radius 2 is 1.91 bits per heavy atom. The van der Waals surface area contributed by atoms with Gasteiger partial charge in [0.25, 0.3) is 5.91 Å². The summed E-state index contributed by atoms with van der Waals surface area (Å²) >= 11 is 1.34. The van der Waals surface area contributed by atoms with Gasteiger partial charge in [-0.1, -0.05) is 32.1 Å². The third-order valence-corrected chi connectivity index (χ3v) is 4.81. The number of nitrogens with one attached hydrogen (secondary N) is 1. The number of anilines is 1. The van der Waals surface area contributed by atoms with Gasteiger partial charge in [-0.3, -0.25) is 10.1 Å². The topological polar surface area (TPSA) is 76.1 Å². The molecule has 1 N–H and O–H groups in total. The van der Waals surface area contributed by atoms with E-state index in [-0.39, 0.29) is 16.7 Å². The first kappa shape index (κ1) is 17.4. The van der Waals surface area contributed by atoms with Crippen molar-refractivity contribution in [2.75, 3.05) is 11.6 Å². The van der Waals surface area contributed by atoms with E-state index >= 15 is 0 Å². The number of allylic oxidation sites excluding steroid dienone is 1. The number of amides is 1. The lowest BCUT2D eigenvalue weighted by atomic mass is 10.0. The number of thiazole rings is 1. The molecule has 5 nitrogen and oxygen atoms in total. The summed E-state index contributed by atoms with van der Waals surface area (Å²) in [5.74, 6) is -0.0950. The molecule has 0 aliphatic carbocycles. The smallest absolute Gasteiger partial charge is 0.257 e. The molecule has 23 heavy (non-hydrogen) atoms. The van der Waals surface area contributed by atoms with Crippen LogP contribution in [0.4, 0.5) is 5.13 Å². The third kappa shape index (κ3) is 4.74. The first-order valence-corrected chi connectivity index (χ1v) is 9.77. The second kappa shape index (κ2) is 7.06. The molecule has 1 aromatic heterocycles. The summed E-state index contributed by atoms with van der Waals surface area (Å²) in [4.78, 5) is 16.8. The first-order valence-electron chi connectivity index (χ1n) is 7.00. The van der Waals surface area contributed by atoms with E-state index in [1.54, 1.807) is 23.7 Å². The second-order valence-corrected chi connectivity index (χ2v) is 8.32. The van der Waals surface area contributed by atoms with Crippen molar-refractivity contribution >= 4 is 37.8 Å². The summed E-state index contributed by atoms with van der Waals surface area (Å²) < 4.78 is 23.1. The maximum atomic E-state index is 12.5. The summed E-state index contributed by atoms with van der Waals surface area (Å²) in [6.07, 6.45) is 4.62. The Morgan fingerprint density at radius 3 is 2.39 bits per heavy atom. The number of aromatic nitrogens is 1. The fraction of sp³-hybridized carbons (Fsp3) is 0.250. The van der Waals surface area contributed by atoms with Crippen LogP contribution in [0, 0.1) is 5.92 Å². The van der Waals surface area contributed by atoms with Crippen molar-refractivity contribution in [1.29, 1.82) is 0 Å². The molecule has 0 bridgehead atoms. The average Bonchev–Trinajstić information content (AvgIpc) is 2.96. The van der Waals surface area contributed by atoms with E-state index < -0.39 is 9.84 Å². The van der Waals surface area contributed by atoms with Gasteiger partial charge in [0.15, 0.2) is 15.0 Å². The first-order chi connectivity index (χ1) is 10.8. The highest BCUT2D eigenvalue weighted by molar-refractivity contribution is 7.90. The Balaban J connectivity index is 2.34. The Bertz CT molecular complexity index is 806. The molecule has 122 valence electrons. The van der Waals surface area contributed by atoms with Gasteiger partial charge >= 0.3 is 0 Å². The molecular weight excluding hydrogens is 332 g/mol. The van der Waals surface area contributed by atoms with Gasteiger partial charge in [-0.15, -0.1) is 11.3 Å². The molecule has 0 radical (unpaired) electrons. The maximum absolute atomic E-state index is 12.5. The van der Waals surface area contributed by atoms with Crippen LogP contribution in [0.3, 0.4) is 0 Å². The molecule has 2 aromatic rings. The zero-order valence-electron chi connectivity index (χ0n) is 13.1. The van der Waals surface area contributed by atoms with Gasteiger partial charge < -0.3 is 0 Å². The zero-order valence-corrected chi connectivity index (χ0v) is 14.7. The number of rotatable bonds is 5. The van der Waals surface area contributed by atoms with Crippen LogP contribution in [-0.4, -0.2) is 25.6 Å². The van der Waals surface area contributed by atoms with Crippen LogP contribution in [0.2, 0.25) is 0 Å². The van der Waals surface area contributed by atoms with Crippen LogP contribution < -0.4 is 5.32 Å². The zero-order chi connectivity index (χ0) is 17.0. The fourth-order valence-corrected chi connectivity index (χ4v) is 3.12. The van der Waals surface area contributed by atoms with Crippen LogP contribution in [-0.2, 0) is 14.6 Å². The largest absolute Gasteiger partial charge is 0.298 e. The highest BCUT2D eigenvalue weighted by Crippen LogP contribution is 2.22. The normalized spacial score (nSPS) is 12.4. The highest BCUT2D eigenvalue weighted by atomic mass is 32.2. The molecule has 0 fully saturated rings. The fourth-order valence-electron chi connectivity index (χ4n) is 1.97. The molecule has 1 amide bonds. The summed E-state index contributed by atoms with van der Waals surface area (Å²) in [7, 11) is -3.26. The average molecular weight is 350 g/mol. The van der Waals surface area contributed by atoms with Crippen LogP contribution in [0.15, 0.2) is 46.8 Å². The molecule has 7 heteroatoms. The minimum atomic E-state index is -3.26. The van der Waals surface area contributed by atoms with E-state index in [2.05, 4.69) is 10.3 Å². The molecule has 0 spiro atoms. The summed E-state index contributed by atoms with van der Waals surface area (Å²) in [6.45, 7) is 3.95. The monoisotopic (exact) mass is 350 g/mol. The van der Waals surface area contributed by atoms with E-state index in [0.29, 0.717) is 16.3 Å². The van der Waals surface area contributed by atoms with E-state index in [4.69, 9.17) is 0 Å². The van der Waals surface area contributed by atoms with E-state index in [1.165, 1.54) is 23.5 Å². The minimum Gasteiger partial charge on any atom is -0.298 e. The molecule has 1 heterocycles. The molecule has 2 rings (SSSR count). The van der Waals surface area contributed by atoms with Crippen LogP contribution in [0.25, 0.3) is 5.57 Å². The molecule has 0 saturated heterocycles. The van der Waals surface area contributed by atoms with Crippen LogP contribution in [0.1, 0.15) is 19.4 Å². The Hall–Kier alpha value is -1.99. The van der Waals surface area contributed by atoms with Crippen LogP contribution >= 0.6 is 11.3 Å². The number of nitrogens with zero attached hydrogens (tertiary/aromatic N) is 1. The summed E-state index contributed by atoms with van der Waals surface area (Å²) in [5.41, 5.74) is 1.16. The number of hydrogen-bond acceptors (Lipinski definition) is 5. The van der Waals surface area contributed by atoms with Gasteiger partial charge in [0.1, 0.15) is 0 Å². The molecule has 1 aromatic carbocycles. The van der Waals surface area contributed by atoms with Crippen molar-refractivity contribution in [3.8, 4) is 0 Å². The number of benzene rings is 1. The van der Waals surface area contributed by atoms with E-state index in [0.717, 1.165) is 6.26 Å². The lowest BCUT2D eigenvalue weighted by molar-refractivity contribution is -0.111. The second-order valence-electron chi connectivity index (χ2n) is 5.41. The number of sulfone groups is 1. The molecular formula is C16H18N2O3S2. The number of carbonyl (C=O) groups excluding carboxylic acids is 1. The Kier molecular flexibility index (Phi) is 5.33. The van der Waals surface area contributed by atoms with E-state index in [1.807, 2.05) is 19.9 Å². The molecule has 0 atom stereocenters. The summed E-state index contributed by atoms with van der Waals surface area (Å²) in [6, 6.07) is 6.31. The van der Waals surface area contributed by atoms with Crippen LogP contribution in [0.5, 0.6) is 0 Å². The highest BCUT2D eigenvalue weighted by Gasteiger charge is 2.15. The standard InChI is InChI=1S/C16H18N2O3S2/c1-11(2)10-14(15(19)18-16-17-8-9-22-16)12-4-6-13(7-5-12)23(3,20)21/h4-11H,1-3H3,(H,17,18,19)/b14-10+. The number of carbonyl (C=O) groups is 1. The molecule has 0 aliphatic heterocycles. The molecule has 0 unspecified atom stereocenters. The maximum Gasteiger partial charge on any atom is 0.257 e. The predicted molar refractivity (Wildman–Crippen MR) is 93.1 cm³/mol. The number of hydrogen-bond donors (Lipinski definition) is 1. The van der Waals surface area contributed by atoms with Gasteiger partial charge in [0, 0.05) is 23.4 Å². The van der Waals surface area contributed by atoms with E-state index in [9.17, 15) is 13.2 Å². The van der Waals surface area contributed by atoms with Crippen molar-refractivity contribution in [3.05, 3.63) is 47.5 Å². The van der Waals surface area contributed by atoms with Gasteiger partial charge in [-0.05, 0) is 23.6 Å². The predicted octanol–water partition coefficient (Wildman–Crippen LogP) is 3.22. The molecule has 0 aliphatic rings. The van der Waals surface area contributed by atoms with Crippen molar-refractivity contribution in [2.24, 2.45) is 5.92 Å². The Labute approximate surface area is 140 Å². The van der Waals surface area contributed by atoms with Gasteiger partial charge in [-0.25, -0.2) is 13.4 Å². The van der Waals surface area contributed by atoms with Crippen molar-refractivity contribution in [3.63, 3.8) is 0 Å². The lowest BCUT2D eigenvalue weighted by Crippen LogP contribution is -2.14. The minimum absolute atomic E-state index is 0.168. The third-order valence-electron chi connectivity index (χ3n) is 2.99. The quantitative estimate of drug-likeness (QED) is 0.840. The Morgan fingerprint density at radius 1 is 1.26 bits per heavy atom. The molecule has 0 saturated carbocycles. The van der Waals surface area contributed by atoms with Crippen molar-refractivity contribution < 1.29 is 13.2 Å².